The van der Waals surface area contributed by atoms with Crippen molar-refractivity contribution in [2.45, 2.75) is 11.8 Å². The highest BCUT2D eigenvalue weighted by Crippen LogP contribution is 2.22. The van der Waals surface area contributed by atoms with Crippen LogP contribution in [0.5, 0.6) is 11.5 Å². The Kier molecular flexibility index (Phi) is 3.94. The molecule has 0 heterocycles. The molecule has 20 heavy (non-hydrogen) atoms. The van der Waals surface area contributed by atoms with Gasteiger partial charge in [-0.2, -0.15) is 8.42 Å². The van der Waals surface area contributed by atoms with Crippen molar-refractivity contribution in [1.29, 1.82) is 0 Å². The first-order valence-electron chi connectivity index (χ1n) is 5.77. The molecule has 2 aromatic rings. The zero-order valence-corrected chi connectivity index (χ0v) is 11.8. The predicted octanol–water partition coefficient (Wildman–Crippen LogP) is 2.91. The van der Waals surface area contributed by atoms with Gasteiger partial charge in [0.2, 0.25) is 0 Å². The number of aryl methyl sites for hydroxylation is 1. The highest BCUT2D eigenvalue weighted by atomic mass is 32.2. The topological polar surface area (TPSA) is 52.6 Å². The van der Waals surface area contributed by atoms with Crippen LogP contribution in [0.2, 0.25) is 0 Å². The molecule has 0 radical (unpaired) electrons. The number of hydrogen-bond donors (Lipinski definition) is 0. The number of halogens is 1. The molecule has 0 saturated carbocycles. The van der Waals surface area contributed by atoms with Gasteiger partial charge in [-0.3, -0.25) is 0 Å². The maximum Gasteiger partial charge on any atom is 0.339 e. The average Bonchev–Trinajstić information content (AvgIpc) is 2.42. The summed E-state index contributed by atoms with van der Waals surface area (Å²) < 4.78 is 47.2. The van der Waals surface area contributed by atoms with E-state index in [0.717, 1.165) is 6.07 Å². The van der Waals surface area contributed by atoms with Crippen molar-refractivity contribution in [3.8, 4) is 11.5 Å². The maximum atomic E-state index is 13.1. The molecule has 0 aliphatic rings. The predicted molar refractivity (Wildman–Crippen MR) is 71.9 cm³/mol. The summed E-state index contributed by atoms with van der Waals surface area (Å²) in [6.45, 7) is 1.49. The second-order valence-corrected chi connectivity index (χ2v) is 5.67. The quantitative estimate of drug-likeness (QED) is 0.814. The van der Waals surface area contributed by atoms with Crippen molar-refractivity contribution in [1.82, 2.24) is 0 Å². The Balaban J connectivity index is 2.27. The first-order chi connectivity index (χ1) is 9.42. The maximum absolute atomic E-state index is 13.1. The van der Waals surface area contributed by atoms with Crippen molar-refractivity contribution in [3.63, 3.8) is 0 Å². The minimum atomic E-state index is -3.98. The van der Waals surface area contributed by atoms with Crippen LogP contribution in [0.1, 0.15) is 5.56 Å². The fraction of sp³-hybridized carbons (Fsp3) is 0.143. The van der Waals surface area contributed by atoms with Crippen LogP contribution < -0.4 is 8.92 Å². The lowest BCUT2D eigenvalue weighted by molar-refractivity contribution is 0.413. The largest absolute Gasteiger partial charge is 0.497 e. The molecule has 2 aromatic carbocycles. The van der Waals surface area contributed by atoms with Crippen LogP contribution >= 0.6 is 0 Å². The molecule has 6 heteroatoms. The third kappa shape index (κ3) is 3.08. The van der Waals surface area contributed by atoms with Crippen LogP contribution in [-0.2, 0) is 10.1 Å². The minimum absolute atomic E-state index is 0.0905. The monoisotopic (exact) mass is 296 g/mol. The first kappa shape index (κ1) is 14.3. The highest BCUT2D eigenvalue weighted by molar-refractivity contribution is 7.87. The van der Waals surface area contributed by atoms with Crippen LogP contribution in [0.4, 0.5) is 4.39 Å². The number of benzene rings is 2. The van der Waals surface area contributed by atoms with Crippen LogP contribution in [0.25, 0.3) is 0 Å². The summed E-state index contributed by atoms with van der Waals surface area (Å²) in [7, 11) is -2.47. The molecule has 0 amide bonds. The van der Waals surface area contributed by atoms with Gasteiger partial charge in [0.1, 0.15) is 22.2 Å². The summed E-state index contributed by atoms with van der Waals surface area (Å²) >= 11 is 0. The molecule has 0 N–H and O–H groups in total. The van der Waals surface area contributed by atoms with Gasteiger partial charge in [-0.15, -0.1) is 0 Å². The third-order valence-electron chi connectivity index (χ3n) is 2.68. The Morgan fingerprint density at radius 1 is 1.00 bits per heavy atom. The van der Waals surface area contributed by atoms with E-state index in [0.29, 0.717) is 5.75 Å². The van der Waals surface area contributed by atoms with Crippen molar-refractivity contribution >= 4 is 10.1 Å². The van der Waals surface area contributed by atoms with Crippen molar-refractivity contribution < 1.29 is 21.7 Å². The SMILES string of the molecule is COc1ccc(OS(=O)(=O)c2ccc(F)c(C)c2)cc1. The standard InChI is InChI=1S/C14H13FO4S/c1-10-9-13(7-8-14(10)15)20(16,17)19-12-5-3-11(18-2)4-6-12/h3-9H,1-2H3. The van der Waals surface area contributed by atoms with E-state index < -0.39 is 15.9 Å². The molecule has 0 saturated heterocycles. The number of ether oxygens (including phenoxy) is 1. The van der Waals surface area contributed by atoms with E-state index in [1.807, 2.05) is 0 Å². The van der Waals surface area contributed by atoms with Crippen LogP contribution in [-0.4, -0.2) is 15.5 Å². The second kappa shape index (κ2) is 5.50. The Hall–Kier alpha value is -2.08. The lowest BCUT2D eigenvalue weighted by Gasteiger charge is -2.08. The number of rotatable bonds is 4. The highest BCUT2D eigenvalue weighted by Gasteiger charge is 2.17. The third-order valence-corrected chi connectivity index (χ3v) is 3.93. The molecule has 0 aromatic heterocycles. The Bertz CT molecular complexity index is 708. The summed E-state index contributed by atoms with van der Waals surface area (Å²) in [5, 5.41) is 0. The molecule has 0 aliphatic carbocycles. The molecule has 0 bridgehead atoms. The molecular weight excluding hydrogens is 283 g/mol. The van der Waals surface area contributed by atoms with Gasteiger partial charge in [-0.1, -0.05) is 0 Å². The van der Waals surface area contributed by atoms with Gasteiger partial charge in [-0.25, -0.2) is 4.39 Å². The molecule has 4 nitrogen and oxygen atoms in total. The van der Waals surface area contributed by atoms with E-state index in [2.05, 4.69) is 0 Å². The number of methoxy groups -OCH3 is 1. The fourth-order valence-electron chi connectivity index (χ4n) is 1.58. The van der Waals surface area contributed by atoms with Gasteiger partial charge in [-0.05, 0) is 55.0 Å². The van der Waals surface area contributed by atoms with Gasteiger partial charge >= 0.3 is 10.1 Å². The Labute approximate surface area is 116 Å². The Morgan fingerprint density at radius 3 is 2.15 bits per heavy atom. The van der Waals surface area contributed by atoms with Gasteiger partial charge < -0.3 is 8.92 Å². The van der Waals surface area contributed by atoms with E-state index in [1.165, 1.54) is 38.3 Å². The van der Waals surface area contributed by atoms with E-state index in [1.54, 1.807) is 12.1 Å². The Morgan fingerprint density at radius 2 is 1.60 bits per heavy atom. The molecule has 0 atom stereocenters. The summed E-state index contributed by atoms with van der Waals surface area (Å²) in [6, 6.07) is 9.62. The molecule has 106 valence electrons. The first-order valence-corrected chi connectivity index (χ1v) is 7.18. The molecule has 0 spiro atoms. The normalized spacial score (nSPS) is 11.2. The smallest absolute Gasteiger partial charge is 0.339 e. The molecule has 0 fully saturated rings. The summed E-state index contributed by atoms with van der Waals surface area (Å²) in [6.07, 6.45) is 0. The van der Waals surface area contributed by atoms with E-state index >= 15 is 0 Å². The van der Waals surface area contributed by atoms with Crippen molar-refractivity contribution in [3.05, 3.63) is 53.8 Å². The van der Waals surface area contributed by atoms with Crippen LogP contribution in [0.3, 0.4) is 0 Å². The summed E-state index contributed by atoms with van der Waals surface area (Å²) in [4.78, 5) is -0.0905. The van der Waals surface area contributed by atoms with Crippen LogP contribution in [0, 0.1) is 12.7 Å². The lowest BCUT2D eigenvalue weighted by atomic mass is 10.2. The molecular formula is C14H13FO4S. The zero-order valence-electron chi connectivity index (χ0n) is 11.0. The van der Waals surface area contributed by atoms with Crippen molar-refractivity contribution in [2.75, 3.05) is 7.11 Å². The van der Waals surface area contributed by atoms with E-state index in [-0.39, 0.29) is 16.2 Å². The summed E-state index contributed by atoms with van der Waals surface area (Å²) in [5.41, 5.74) is 0.240. The van der Waals surface area contributed by atoms with Gasteiger partial charge in [0.25, 0.3) is 0 Å². The van der Waals surface area contributed by atoms with Gasteiger partial charge in [0.05, 0.1) is 7.11 Å². The minimum Gasteiger partial charge on any atom is -0.497 e. The second-order valence-electron chi connectivity index (χ2n) is 4.12. The summed E-state index contributed by atoms with van der Waals surface area (Å²) in [5.74, 6) is 0.286. The van der Waals surface area contributed by atoms with Gasteiger partial charge in [0.15, 0.2) is 0 Å². The molecule has 0 unspecified atom stereocenters. The molecule has 0 aliphatic heterocycles. The fourth-order valence-corrected chi connectivity index (χ4v) is 2.60. The van der Waals surface area contributed by atoms with Gasteiger partial charge in [0, 0.05) is 0 Å². The number of hydrogen-bond acceptors (Lipinski definition) is 4. The van der Waals surface area contributed by atoms with E-state index in [4.69, 9.17) is 8.92 Å². The lowest BCUT2D eigenvalue weighted by Crippen LogP contribution is -2.10. The molecule has 2 rings (SSSR count). The van der Waals surface area contributed by atoms with E-state index in [9.17, 15) is 12.8 Å². The van der Waals surface area contributed by atoms with Crippen molar-refractivity contribution in [2.24, 2.45) is 0 Å². The zero-order chi connectivity index (χ0) is 14.8. The van der Waals surface area contributed by atoms with Crippen LogP contribution in [0.15, 0.2) is 47.4 Å². The average molecular weight is 296 g/mol.